The normalized spacial score (nSPS) is 9.88. The summed E-state index contributed by atoms with van der Waals surface area (Å²) in [5.41, 5.74) is 1.10. The molecular formula is C13H15NO3. The molecule has 0 heterocycles. The summed E-state index contributed by atoms with van der Waals surface area (Å²) in [5, 5.41) is 8.62. The summed E-state index contributed by atoms with van der Waals surface area (Å²) in [6.07, 6.45) is 0. The van der Waals surface area contributed by atoms with Crippen molar-refractivity contribution in [3.8, 4) is 6.07 Å². The molecule has 17 heavy (non-hydrogen) atoms. The highest BCUT2D eigenvalue weighted by Crippen LogP contribution is 2.04. The zero-order valence-corrected chi connectivity index (χ0v) is 9.81. The summed E-state index contributed by atoms with van der Waals surface area (Å²) in [5.74, 6) is -0.0917. The predicted molar refractivity (Wildman–Crippen MR) is 62.8 cm³/mol. The van der Waals surface area contributed by atoms with E-state index in [1.54, 1.807) is 24.3 Å². The lowest BCUT2D eigenvalue weighted by molar-refractivity contribution is 0.0475. The maximum absolute atomic E-state index is 11.6. The van der Waals surface area contributed by atoms with Crippen LogP contribution in [0.2, 0.25) is 0 Å². The van der Waals surface area contributed by atoms with Crippen LogP contribution in [-0.4, -0.2) is 32.2 Å². The van der Waals surface area contributed by atoms with Gasteiger partial charge in [0.1, 0.15) is 6.61 Å². The Kier molecular flexibility index (Phi) is 5.94. The Morgan fingerprint density at radius 3 is 2.47 bits per heavy atom. The molecule has 0 aromatic heterocycles. The number of ketones is 1. The Hall–Kier alpha value is -1.70. The smallest absolute Gasteiger partial charge is 0.188 e. The van der Waals surface area contributed by atoms with Gasteiger partial charge in [-0.15, -0.1) is 0 Å². The van der Waals surface area contributed by atoms with Crippen molar-refractivity contribution in [1.29, 1.82) is 5.26 Å². The highest BCUT2D eigenvalue weighted by molar-refractivity contribution is 5.97. The molecule has 0 unspecified atom stereocenters. The van der Waals surface area contributed by atoms with Crippen LogP contribution in [0.25, 0.3) is 0 Å². The second-order valence-electron chi connectivity index (χ2n) is 3.36. The Morgan fingerprint density at radius 1 is 1.24 bits per heavy atom. The standard InChI is InChI=1S/C13H15NO3/c1-2-16-7-8-17-10-13(15)12-5-3-11(9-14)4-6-12/h3-6H,2,7-8,10H2,1H3. The summed E-state index contributed by atoms with van der Waals surface area (Å²) in [6.45, 7) is 3.50. The fourth-order valence-corrected chi connectivity index (χ4v) is 1.24. The zero-order valence-electron chi connectivity index (χ0n) is 9.81. The van der Waals surface area contributed by atoms with E-state index < -0.39 is 0 Å². The molecular weight excluding hydrogens is 218 g/mol. The van der Waals surface area contributed by atoms with Crippen molar-refractivity contribution in [2.45, 2.75) is 6.92 Å². The molecule has 0 aliphatic heterocycles. The van der Waals surface area contributed by atoms with Crippen molar-refractivity contribution in [3.63, 3.8) is 0 Å². The van der Waals surface area contributed by atoms with E-state index in [-0.39, 0.29) is 12.4 Å². The van der Waals surface area contributed by atoms with E-state index in [0.29, 0.717) is 30.9 Å². The molecule has 90 valence electrons. The van der Waals surface area contributed by atoms with Crippen LogP contribution in [0.1, 0.15) is 22.8 Å². The van der Waals surface area contributed by atoms with Gasteiger partial charge < -0.3 is 9.47 Å². The van der Waals surface area contributed by atoms with Crippen molar-refractivity contribution in [1.82, 2.24) is 0 Å². The molecule has 4 heteroatoms. The molecule has 1 aromatic rings. The SMILES string of the molecule is CCOCCOCC(=O)c1ccc(C#N)cc1. The van der Waals surface area contributed by atoms with E-state index in [2.05, 4.69) is 0 Å². The van der Waals surface area contributed by atoms with Gasteiger partial charge in [-0.1, -0.05) is 12.1 Å². The molecule has 0 spiro atoms. The molecule has 0 saturated carbocycles. The second kappa shape index (κ2) is 7.55. The summed E-state index contributed by atoms with van der Waals surface area (Å²) in [7, 11) is 0. The van der Waals surface area contributed by atoms with Crippen LogP contribution in [0.4, 0.5) is 0 Å². The molecule has 4 nitrogen and oxygen atoms in total. The highest BCUT2D eigenvalue weighted by atomic mass is 16.5. The molecule has 0 aliphatic carbocycles. The van der Waals surface area contributed by atoms with Crippen molar-refractivity contribution < 1.29 is 14.3 Å². The van der Waals surface area contributed by atoms with Gasteiger partial charge in [0.2, 0.25) is 0 Å². The third-order valence-corrected chi connectivity index (χ3v) is 2.15. The molecule has 0 N–H and O–H groups in total. The molecule has 0 amide bonds. The van der Waals surface area contributed by atoms with Crippen LogP contribution in [0, 0.1) is 11.3 Å². The highest BCUT2D eigenvalue weighted by Gasteiger charge is 2.05. The van der Waals surface area contributed by atoms with E-state index in [0.717, 1.165) is 0 Å². The minimum absolute atomic E-state index is 0.0406. The van der Waals surface area contributed by atoms with Crippen molar-refractivity contribution >= 4 is 5.78 Å². The molecule has 0 fully saturated rings. The average molecular weight is 233 g/mol. The summed E-state index contributed by atoms with van der Waals surface area (Å²) in [6, 6.07) is 8.50. The van der Waals surface area contributed by atoms with Crippen LogP contribution in [0.15, 0.2) is 24.3 Å². The van der Waals surface area contributed by atoms with E-state index in [1.165, 1.54) is 0 Å². The van der Waals surface area contributed by atoms with E-state index in [1.807, 2.05) is 13.0 Å². The molecule has 1 rings (SSSR count). The van der Waals surface area contributed by atoms with Crippen LogP contribution in [0.3, 0.4) is 0 Å². The fraction of sp³-hybridized carbons (Fsp3) is 0.385. The minimum Gasteiger partial charge on any atom is -0.379 e. The Bertz CT molecular complexity index is 392. The van der Waals surface area contributed by atoms with Crippen molar-refractivity contribution in [2.24, 2.45) is 0 Å². The third-order valence-electron chi connectivity index (χ3n) is 2.15. The van der Waals surface area contributed by atoms with E-state index >= 15 is 0 Å². The van der Waals surface area contributed by atoms with Gasteiger partial charge in [0.25, 0.3) is 0 Å². The molecule has 1 aromatic carbocycles. The predicted octanol–water partition coefficient (Wildman–Crippen LogP) is 1.79. The van der Waals surface area contributed by atoms with Crippen LogP contribution >= 0.6 is 0 Å². The van der Waals surface area contributed by atoms with Gasteiger partial charge in [0.05, 0.1) is 24.8 Å². The first kappa shape index (κ1) is 13.4. The van der Waals surface area contributed by atoms with Crippen LogP contribution in [-0.2, 0) is 9.47 Å². The van der Waals surface area contributed by atoms with Gasteiger partial charge in [0, 0.05) is 12.2 Å². The van der Waals surface area contributed by atoms with Crippen LogP contribution < -0.4 is 0 Å². The number of hydrogen-bond donors (Lipinski definition) is 0. The quantitative estimate of drug-likeness (QED) is 0.532. The first-order valence-electron chi connectivity index (χ1n) is 5.46. The average Bonchev–Trinajstić information content (AvgIpc) is 2.38. The number of benzene rings is 1. The monoisotopic (exact) mass is 233 g/mol. The topological polar surface area (TPSA) is 59.3 Å². The third kappa shape index (κ3) is 4.77. The summed E-state index contributed by atoms with van der Waals surface area (Å²) in [4.78, 5) is 11.6. The molecule has 0 aliphatic rings. The van der Waals surface area contributed by atoms with Gasteiger partial charge in [-0.2, -0.15) is 5.26 Å². The maximum Gasteiger partial charge on any atom is 0.188 e. The Balaban J connectivity index is 2.34. The molecule has 0 atom stereocenters. The van der Waals surface area contributed by atoms with E-state index in [9.17, 15) is 4.79 Å². The molecule has 0 saturated heterocycles. The number of carbonyl (C=O) groups is 1. The van der Waals surface area contributed by atoms with Crippen LogP contribution in [0.5, 0.6) is 0 Å². The summed E-state index contributed by atoms with van der Waals surface area (Å²) < 4.78 is 10.2. The number of carbonyl (C=O) groups excluding carboxylic acids is 1. The first-order chi connectivity index (χ1) is 8.27. The lowest BCUT2D eigenvalue weighted by Gasteiger charge is -2.04. The maximum atomic E-state index is 11.6. The zero-order chi connectivity index (χ0) is 12.5. The Labute approximate surface area is 101 Å². The Morgan fingerprint density at radius 2 is 1.88 bits per heavy atom. The fourth-order valence-electron chi connectivity index (χ4n) is 1.24. The van der Waals surface area contributed by atoms with Crippen molar-refractivity contribution in [3.05, 3.63) is 35.4 Å². The molecule has 0 bridgehead atoms. The van der Waals surface area contributed by atoms with Gasteiger partial charge >= 0.3 is 0 Å². The van der Waals surface area contributed by atoms with Gasteiger partial charge in [0.15, 0.2) is 5.78 Å². The lowest BCUT2D eigenvalue weighted by Crippen LogP contribution is -2.12. The van der Waals surface area contributed by atoms with E-state index in [4.69, 9.17) is 14.7 Å². The second-order valence-corrected chi connectivity index (χ2v) is 3.36. The number of nitrogens with zero attached hydrogens (tertiary/aromatic N) is 1. The lowest BCUT2D eigenvalue weighted by atomic mass is 10.1. The number of ether oxygens (including phenoxy) is 2. The molecule has 0 radical (unpaired) electrons. The first-order valence-corrected chi connectivity index (χ1v) is 5.46. The minimum atomic E-state index is -0.0917. The number of nitriles is 1. The summed E-state index contributed by atoms with van der Waals surface area (Å²) >= 11 is 0. The number of hydrogen-bond acceptors (Lipinski definition) is 4. The van der Waals surface area contributed by atoms with Gasteiger partial charge in [-0.25, -0.2) is 0 Å². The van der Waals surface area contributed by atoms with Crippen molar-refractivity contribution in [2.75, 3.05) is 26.4 Å². The largest absolute Gasteiger partial charge is 0.379 e. The number of rotatable bonds is 7. The number of Topliss-reactive ketones (excluding diaryl/α,β-unsaturated/α-hetero) is 1. The van der Waals surface area contributed by atoms with Gasteiger partial charge in [-0.05, 0) is 19.1 Å². The van der Waals surface area contributed by atoms with Gasteiger partial charge in [-0.3, -0.25) is 4.79 Å².